The summed E-state index contributed by atoms with van der Waals surface area (Å²) >= 11 is 1.74. The summed E-state index contributed by atoms with van der Waals surface area (Å²) in [5.74, 6) is 1.54. The fourth-order valence-electron chi connectivity index (χ4n) is 2.58. The van der Waals surface area contributed by atoms with Crippen LogP contribution in [0.15, 0.2) is 6.33 Å². The lowest BCUT2D eigenvalue weighted by Crippen LogP contribution is -2.70. The minimum atomic E-state index is -0.0732. The van der Waals surface area contributed by atoms with E-state index in [2.05, 4.69) is 42.6 Å². The maximum absolute atomic E-state index is 6.38. The normalized spacial score (nSPS) is 18.1. The second kappa shape index (κ2) is 4.15. The molecule has 5 heteroatoms. The number of nitrogens with zero attached hydrogens (tertiary/aromatic N) is 3. The lowest BCUT2D eigenvalue weighted by Gasteiger charge is -2.51. The maximum Gasteiger partial charge on any atom is 0.141 e. The monoisotopic (exact) mass is 276 g/mol. The Labute approximate surface area is 117 Å². The van der Waals surface area contributed by atoms with Crippen molar-refractivity contribution in [2.45, 2.75) is 33.2 Å². The number of rotatable bonds is 2. The zero-order valence-corrected chi connectivity index (χ0v) is 12.7. The second-order valence-corrected chi connectivity index (χ2v) is 7.11. The number of aryl methyl sites for hydroxylation is 2. The minimum Gasteiger partial charge on any atom is -0.352 e. The molecule has 102 valence electrons. The third-order valence-electron chi connectivity index (χ3n) is 4.37. The molecule has 2 aromatic heterocycles. The molecule has 4 nitrogen and oxygen atoms in total. The maximum atomic E-state index is 6.38. The van der Waals surface area contributed by atoms with E-state index in [9.17, 15) is 0 Å². The lowest BCUT2D eigenvalue weighted by atomic mass is 9.80. The van der Waals surface area contributed by atoms with Crippen LogP contribution < -0.4 is 10.6 Å². The third-order valence-corrected chi connectivity index (χ3v) is 5.48. The Morgan fingerprint density at radius 1 is 1.32 bits per heavy atom. The summed E-state index contributed by atoms with van der Waals surface area (Å²) in [6.07, 6.45) is 1.67. The molecule has 0 amide bonds. The van der Waals surface area contributed by atoms with Crippen molar-refractivity contribution in [1.82, 2.24) is 9.97 Å². The van der Waals surface area contributed by atoms with Gasteiger partial charge in [0.25, 0.3) is 0 Å². The Hall–Kier alpha value is -1.20. The van der Waals surface area contributed by atoms with E-state index in [0.717, 1.165) is 23.7 Å². The highest BCUT2D eigenvalue weighted by molar-refractivity contribution is 7.18. The van der Waals surface area contributed by atoms with E-state index in [-0.39, 0.29) is 5.54 Å². The smallest absolute Gasteiger partial charge is 0.141 e. The Balaban J connectivity index is 1.99. The van der Waals surface area contributed by atoms with E-state index < -0.39 is 0 Å². The Morgan fingerprint density at radius 2 is 2.00 bits per heavy atom. The molecule has 0 saturated carbocycles. The molecular weight excluding hydrogens is 256 g/mol. The van der Waals surface area contributed by atoms with Crippen molar-refractivity contribution in [2.75, 3.05) is 18.0 Å². The summed E-state index contributed by atoms with van der Waals surface area (Å²) in [6, 6.07) is 0. The van der Waals surface area contributed by atoms with Crippen molar-refractivity contribution in [3.05, 3.63) is 16.8 Å². The molecular formula is C14H20N4S. The molecule has 2 aromatic rings. The molecule has 0 aliphatic carbocycles. The molecule has 1 aliphatic rings. The molecule has 19 heavy (non-hydrogen) atoms. The van der Waals surface area contributed by atoms with Gasteiger partial charge >= 0.3 is 0 Å². The number of hydrogen-bond donors (Lipinski definition) is 1. The van der Waals surface area contributed by atoms with Crippen LogP contribution in [0.3, 0.4) is 0 Å². The standard InChI is InChI=1S/C14H20N4S/c1-8(2)14(15)5-18(6-14)12-11-9(3)10(4)19-13(11)17-7-16-12/h7-8H,5-6,15H2,1-4H3. The molecule has 0 spiro atoms. The van der Waals surface area contributed by atoms with Gasteiger partial charge in [-0.1, -0.05) is 13.8 Å². The van der Waals surface area contributed by atoms with E-state index in [1.165, 1.54) is 15.8 Å². The van der Waals surface area contributed by atoms with Crippen molar-refractivity contribution in [3.8, 4) is 0 Å². The van der Waals surface area contributed by atoms with E-state index in [0.29, 0.717) is 5.92 Å². The van der Waals surface area contributed by atoms with E-state index >= 15 is 0 Å². The Morgan fingerprint density at radius 3 is 2.63 bits per heavy atom. The molecule has 1 aliphatic heterocycles. The van der Waals surface area contributed by atoms with E-state index in [1.54, 1.807) is 17.7 Å². The highest BCUT2D eigenvalue weighted by atomic mass is 32.1. The van der Waals surface area contributed by atoms with Crippen molar-refractivity contribution in [1.29, 1.82) is 0 Å². The van der Waals surface area contributed by atoms with Crippen LogP contribution in [-0.4, -0.2) is 28.6 Å². The highest BCUT2D eigenvalue weighted by Crippen LogP contribution is 2.38. The van der Waals surface area contributed by atoms with Gasteiger partial charge < -0.3 is 10.6 Å². The summed E-state index contributed by atoms with van der Waals surface area (Å²) in [6.45, 7) is 10.4. The van der Waals surface area contributed by atoms with Gasteiger partial charge in [-0.25, -0.2) is 9.97 Å². The fourth-order valence-corrected chi connectivity index (χ4v) is 3.57. The van der Waals surface area contributed by atoms with Crippen LogP contribution in [0, 0.1) is 19.8 Å². The highest BCUT2D eigenvalue weighted by Gasteiger charge is 2.43. The Kier molecular flexibility index (Phi) is 2.80. The summed E-state index contributed by atoms with van der Waals surface area (Å²) < 4.78 is 0. The molecule has 0 bridgehead atoms. The second-order valence-electron chi connectivity index (χ2n) is 5.90. The first-order valence-electron chi connectivity index (χ1n) is 6.67. The third kappa shape index (κ3) is 1.83. The molecule has 1 saturated heterocycles. The first kappa shape index (κ1) is 12.8. The number of aromatic nitrogens is 2. The van der Waals surface area contributed by atoms with Crippen molar-refractivity contribution >= 4 is 27.4 Å². The van der Waals surface area contributed by atoms with E-state index in [1.807, 2.05) is 0 Å². The minimum absolute atomic E-state index is 0.0732. The molecule has 3 heterocycles. The van der Waals surface area contributed by atoms with Gasteiger partial charge in [0, 0.05) is 18.0 Å². The molecule has 1 fully saturated rings. The average molecular weight is 276 g/mol. The lowest BCUT2D eigenvalue weighted by molar-refractivity contribution is 0.244. The first-order chi connectivity index (χ1) is 8.92. The van der Waals surface area contributed by atoms with Crippen LogP contribution in [-0.2, 0) is 0 Å². The SMILES string of the molecule is Cc1sc2ncnc(N3CC(N)(C(C)C)C3)c2c1C. The molecule has 0 atom stereocenters. The number of thiophene rings is 1. The molecule has 0 aromatic carbocycles. The van der Waals surface area contributed by atoms with Gasteiger partial charge in [0.05, 0.1) is 10.9 Å². The molecule has 0 unspecified atom stereocenters. The number of nitrogens with two attached hydrogens (primary N) is 1. The number of anilines is 1. The van der Waals surface area contributed by atoms with E-state index in [4.69, 9.17) is 5.73 Å². The van der Waals surface area contributed by atoms with Gasteiger partial charge in [-0.15, -0.1) is 11.3 Å². The zero-order valence-electron chi connectivity index (χ0n) is 11.9. The largest absolute Gasteiger partial charge is 0.352 e. The van der Waals surface area contributed by atoms with Crippen LogP contribution >= 0.6 is 11.3 Å². The van der Waals surface area contributed by atoms with Crippen LogP contribution in [0.25, 0.3) is 10.2 Å². The summed E-state index contributed by atoms with van der Waals surface area (Å²) in [5.41, 5.74) is 7.61. The molecule has 3 rings (SSSR count). The number of hydrogen-bond acceptors (Lipinski definition) is 5. The van der Waals surface area contributed by atoms with Gasteiger partial charge in [-0.3, -0.25) is 0 Å². The van der Waals surface area contributed by atoms with Crippen molar-refractivity contribution in [2.24, 2.45) is 11.7 Å². The van der Waals surface area contributed by atoms with Gasteiger partial charge in [0.1, 0.15) is 17.0 Å². The summed E-state index contributed by atoms with van der Waals surface area (Å²) in [5, 5.41) is 1.20. The Bertz CT molecular complexity index is 626. The van der Waals surface area contributed by atoms with Gasteiger partial charge in [0.2, 0.25) is 0 Å². The quantitative estimate of drug-likeness (QED) is 0.915. The molecule has 2 N–H and O–H groups in total. The summed E-state index contributed by atoms with van der Waals surface area (Å²) in [7, 11) is 0. The number of fused-ring (bicyclic) bond motifs is 1. The van der Waals surface area contributed by atoms with Crippen LogP contribution in [0.2, 0.25) is 0 Å². The fraction of sp³-hybridized carbons (Fsp3) is 0.571. The van der Waals surface area contributed by atoms with Gasteiger partial charge in [-0.2, -0.15) is 0 Å². The summed E-state index contributed by atoms with van der Waals surface area (Å²) in [4.78, 5) is 13.6. The van der Waals surface area contributed by atoms with Crippen molar-refractivity contribution in [3.63, 3.8) is 0 Å². The predicted molar refractivity (Wildman–Crippen MR) is 80.9 cm³/mol. The first-order valence-corrected chi connectivity index (χ1v) is 7.48. The predicted octanol–water partition coefficient (Wildman–Crippen LogP) is 2.48. The van der Waals surface area contributed by atoms with Crippen molar-refractivity contribution < 1.29 is 0 Å². The molecule has 0 radical (unpaired) electrons. The van der Waals surface area contributed by atoms with Gasteiger partial charge in [0.15, 0.2) is 0 Å². The van der Waals surface area contributed by atoms with Gasteiger partial charge in [-0.05, 0) is 25.3 Å². The average Bonchev–Trinajstić information content (AvgIpc) is 2.61. The van der Waals surface area contributed by atoms with Crippen LogP contribution in [0.5, 0.6) is 0 Å². The van der Waals surface area contributed by atoms with Crippen LogP contribution in [0.4, 0.5) is 5.82 Å². The van der Waals surface area contributed by atoms with Crippen LogP contribution in [0.1, 0.15) is 24.3 Å². The topological polar surface area (TPSA) is 55.0 Å². The zero-order chi connectivity index (χ0) is 13.8.